The minimum Gasteiger partial charge on any atom is -0.506 e. The lowest BCUT2D eigenvalue weighted by Gasteiger charge is -2.37. The fourth-order valence-corrected chi connectivity index (χ4v) is 4.33. The van der Waals surface area contributed by atoms with Gasteiger partial charge in [0.05, 0.1) is 17.4 Å². The van der Waals surface area contributed by atoms with E-state index in [9.17, 15) is 9.90 Å². The number of anilines is 2. The van der Waals surface area contributed by atoms with Crippen molar-refractivity contribution >= 4 is 17.4 Å². The third kappa shape index (κ3) is 4.57. The van der Waals surface area contributed by atoms with Crippen molar-refractivity contribution in [2.75, 3.05) is 10.2 Å². The molecule has 1 amide bonds. The summed E-state index contributed by atoms with van der Waals surface area (Å²) in [6, 6.07) is 11.3. The van der Waals surface area contributed by atoms with E-state index in [1.165, 1.54) is 0 Å². The highest BCUT2D eigenvalue weighted by Gasteiger charge is 2.30. The van der Waals surface area contributed by atoms with Gasteiger partial charge in [-0.05, 0) is 55.5 Å². The van der Waals surface area contributed by atoms with E-state index >= 15 is 0 Å². The van der Waals surface area contributed by atoms with Crippen molar-refractivity contribution in [1.82, 2.24) is 14.8 Å². The fourth-order valence-electron chi connectivity index (χ4n) is 4.33. The molecule has 2 aromatic heterocycles. The van der Waals surface area contributed by atoms with Crippen molar-refractivity contribution in [1.29, 1.82) is 5.26 Å². The molecule has 0 radical (unpaired) electrons. The molecule has 0 aliphatic heterocycles. The number of phenolic OH excluding ortho intramolecular Hbond substituents is 1. The Balaban J connectivity index is 1.44. The Morgan fingerprint density at radius 3 is 2.53 bits per heavy atom. The summed E-state index contributed by atoms with van der Waals surface area (Å²) in [5.41, 5.74) is 2.83. The molecule has 2 N–H and O–H groups in total. The zero-order valence-corrected chi connectivity index (χ0v) is 18.2. The largest absolute Gasteiger partial charge is 0.506 e. The van der Waals surface area contributed by atoms with E-state index in [0.717, 1.165) is 42.6 Å². The van der Waals surface area contributed by atoms with Crippen LogP contribution < -0.4 is 10.2 Å². The first-order chi connectivity index (χ1) is 15.4. The maximum Gasteiger partial charge on any atom is 0.224 e. The van der Waals surface area contributed by atoms with Gasteiger partial charge in [0, 0.05) is 44.0 Å². The Morgan fingerprint density at radius 2 is 1.97 bits per heavy atom. The van der Waals surface area contributed by atoms with Gasteiger partial charge in [0.15, 0.2) is 0 Å². The Morgan fingerprint density at radius 1 is 1.19 bits per heavy atom. The van der Waals surface area contributed by atoms with Gasteiger partial charge in [-0.1, -0.05) is 6.07 Å². The monoisotopic (exact) mass is 430 g/mol. The van der Waals surface area contributed by atoms with Gasteiger partial charge in [0.2, 0.25) is 5.91 Å². The van der Waals surface area contributed by atoms with Crippen LogP contribution in [-0.4, -0.2) is 37.9 Å². The summed E-state index contributed by atoms with van der Waals surface area (Å²) in [5.74, 6) is 0.752. The SMILES string of the molecule is CC(=O)N(c1ccc(-c2cnn(C)c2)cc1O)C1CCC(Nc2ccc(C#N)cn2)CC1. The van der Waals surface area contributed by atoms with Crippen LogP contribution in [0.2, 0.25) is 0 Å². The number of carbonyl (C=O) groups excluding carboxylic acids is 1. The molecule has 0 atom stereocenters. The smallest absolute Gasteiger partial charge is 0.224 e. The molecule has 0 unspecified atom stereocenters. The minimum absolute atomic E-state index is 0.0228. The predicted molar refractivity (Wildman–Crippen MR) is 122 cm³/mol. The first-order valence-electron chi connectivity index (χ1n) is 10.7. The Kier molecular flexibility index (Phi) is 6.08. The van der Waals surface area contributed by atoms with Crippen molar-refractivity contribution in [3.8, 4) is 22.9 Å². The van der Waals surface area contributed by atoms with Crippen LogP contribution in [0.1, 0.15) is 38.2 Å². The van der Waals surface area contributed by atoms with E-state index in [-0.39, 0.29) is 23.7 Å². The Bertz CT molecular complexity index is 1140. The average Bonchev–Trinajstić information content (AvgIpc) is 3.23. The number of pyridine rings is 1. The number of aryl methyl sites for hydroxylation is 1. The predicted octanol–water partition coefficient (Wildman–Crippen LogP) is 3.84. The number of benzene rings is 1. The van der Waals surface area contributed by atoms with Crippen LogP contribution >= 0.6 is 0 Å². The molecule has 164 valence electrons. The molecule has 8 nitrogen and oxygen atoms in total. The quantitative estimate of drug-likeness (QED) is 0.637. The summed E-state index contributed by atoms with van der Waals surface area (Å²) < 4.78 is 1.71. The number of nitriles is 1. The number of phenols is 1. The highest BCUT2D eigenvalue weighted by molar-refractivity contribution is 5.94. The van der Waals surface area contributed by atoms with E-state index in [1.807, 2.05) is 31.4 Å². The molecule has 1 saturated carbocycles. The van der Waals surface area contributed by atoms with Crippen LogP contribution in [0.15, 0.2) is 48.9 Å². The highest BCUT2D eigenvalue weighted by atomic mass is 16.3. The highest BCUT2D eigenvalue weighted by Crippen LogP contribution is 2.36. The Labute approximate surface area is 187 Å². The van der Waals surface area contributed by atoms with Gasteiger partial charge in [0.25, 0.3) is 0 Å². The van der Waals surface area contributed by atoms with Crippen molar-refractivity contribution < 1.29 is 9.90 Å². The second-order valence-electron chi connectivity index (χ2n) is 8.19. The molecular weight excluding hydrogens is 404 g/mol. The lowest BCUT2D eigenvalue weighted by atomic mass is 9.89. The van der Waals surface area contributed by atoms with Crippen LogP contribution in [-0.2, 0) is 11.8 Å². The van der Waals surface area contributed by atoms with Crippen LogP contribution in [0.4, 0.5) is 11.5 Å². The van der Waals surface area contributed by atoms with Gasteiger partial charge in [-0.3, -0.25) is 9.48 Å². The molecule has 0 bridgehead atoms. The summed E-state index contributed by atoms with van der Waals surface area (Å²) in [6.45, 7) is 1.54. The Hall–Kier alpha value is -3.86. The third-order valence-electron chi connectivity index (χ3n) is 5.92. The topological polar surface area (TPSA) is 107 Å². The van der Waals surface area contributed by atoms with Gasteiger partial charge in [-0.2, -0.15) is 10.4 Å². The number of nitrogens with zero attached hydrogens (tertiary/aromatic N) is 5. The molecule has 32 heavy (non-hydrogen) atoms. The van der Waals surface area contributed by atoms with Crippen molar-refractivity contribution in [2.24, 2.45) is 7.05 Å². The van der Waals surface area contributed by atoms with Gasteiger partial charge in [-0.25, -0.2) is 4.98 Å². The lowest BCUT2D eigenvalue weighted by molar-refractivity contribution is -0.117. The van der Waals surface area contributed by atoms with Crippen LogP contribution in [0.5, 0.6) is 5.75 Å². The van der Waals surface area contributed by atoms with Crippen LogP contribution in [0.3, 0.4) is 0 Å². The molecule has 1 aromatic carbocycles. The number of aromatic nitrogens is 3. The standard InChI is InChI=1S/C24H26N6O2/c1-16(31)30(22-9-4-18(11-23(22)32)19-14-27-29(2)15-19)21-7-5-20(6-8-21)28-24-10-3-17(12-25)13-26-24/h3-4,9-11,13-15,20-21,32H,5-8H2,1-2H3,(H,26,28). The molecule has 1 aliphatic carbocycles. The second kappa shape index (κ2) is 9.10. The first-order valence-corrected chi connectivity index (χ1v) is 10.7. The number of aromatic hydroxyl groups is 1. The molecule has 4 rings (SSSR count). The molecular formula is C24H26N6O2. The zero-order chi connectivity index (χ0) is 22.7. The zero-order valence-electron chi connectivity index (χ0n) is 18.2. The maximum atomic E-state index is 12.5. The van der Waals surface area contributed by atoms with Crippen LogP contribution in [0, 0.1) is 11.3 Å². The van der Waals surface area contributed by atoms with E-state index < -0.39 is 0 Å². The number of carbonyl (C=O) groups is 1. The van der Waals surface area contributed by atoms with E-state index in [2.05, 4.69) is 21.5 Å². The summed E-state index contributed by atoms with van der Waals surface area (Å²) >= 11 is 0. The molecule has 0 saturated heterocycles. The van der Waals surface area contributed by atoms with Crippen molar-refractivity contribution in [3.63, 3.8) is 0 Å². The van der Waals surface area contributed by atoms with Gasteiger partial charge >= 0.3 is 0 Å². The first kappa shape index (κ1) is 21.4. The van der Waals surface area contributed by atoms with Crippen molar-refractivity contribution in [3.05, 3.63) is 54.5 Å². The molecule has 1 fully saturated rings. The second-order valence-corrected chi connectivity index (χ2v) is 8.19. The summed E-state index contributed by atoms with van der Waals surface area (Å²) in [5, 5.41) is 27.2. The number of nitrogens with one attached hydrogen (secondary N) is 1. The summed E-state index contributed by atoms with van der Waals surface area (Å²) in [7, 11) is 1.85. The van der Waals surface area contributed by atoms with Crippen molar-refractivity contribution in [2.45, 2.75) is 44.7 Å². The number of amides is 1. The number of rotatable bonds is 5. The maximum absolute atomic E-state index is 12.5. The summed E-state index contributed by atoms with van der Waals surface area (Å²) in [4.78, 5) is 18.5. The normalized spacial score (nSPS) is 18.0. The van der Waals surface area contributed by atoms with Gasteiger partial charge in [-0.15, -0.1) is 0 Å². The summed E-state index contributed by atoms with van der Waals surface area (Å²) in [6.07, 6.45) is 8.58. The average molecular weight is 431 g/mol. The van der Waals surface area contributed by atoms with E-state index in [0.29, 0.717) is 11.3 Å². The molecule has 0 spiro atoms. The number of hydrogen-bond donors (Lipinski definition) is 2. The van der Waals surface area contributed by atoms with Gasteiger partial charge < -0.3 is 15.3 Å². The van der Waals surface area contributed by atoms with Gasteiger partial charge in [0.1, 0.15) is 17.6 Å². The lowest BCUT2D eigenvalue weighted by Crippen LogP contribution is -2.43. The molecule has 2 heterocycles. The minimum atomic E-state index is -0.0837. The third-order valence-corrected chi connectivity index (χ3v) is 5.92. The fraction of sp³-hybridized carbons (Fsp3) is 0.333. The van der Waals surface area contributed by atoms with E-state index in [1.54, 1.807) is 41.0 Å². The number of hydrogen-bond acceptors (Lipinski definition) is 6. The molecule has 3 aromatic rings. The molecule has 8 heteroatoms. The van der Waals surface area contributed by atoms with Crippen LogP contribution in [0.25, 0.3) is 11.1 Å². The molecule has 1 aliphatic rings. The van der Waals surface area contributed by atoms with E-state index in [4.69, 9.17) is 5.26 Å².